The number of phenolic OH excluding ortho intramolecular Hbond substituents is 1. The van der Waals surface area contributed by atoms with Crippen molar-refractivity contribution < 1.29 is 9.90 Å². The van der Waals surface area contributed by atoms with Gasteiger partial charge in [-0.1, -0.05) is 30.3 Å². The van der Waals surface area contributed by atoms with Gasteiger partial charge in [0.2, 0.25) is 5.91 Å². The van der Waals surface area contributed by atoms with Crippen molar-refractivity contribution in [2.75, 3.05) is 13.1 Å². The lowest BCUT2D eigenvalue weighted by Gasteiger charge is -2.30. The van der Waals surface area contributed by atoms with Crippen molar-refractivity contribution in [2.45, 2.75) is 55.6 Å². The fourth-order valence-electron chi connectivity index (χ4n) is 4.23. The number of para-hydroxylation sites is 2. The summed E-state index contributed by atoms with van der Waals surface area (Å²) < 4.78 is 1.54. The average Bonchev–Trinajstić information content (AvgIpc) is 3.33. The Bertz CT molecular complexity index is 1220. The van der Waals surface area contributed by atoms with Crippen LogP contribution in [0.4, 0.5) is 0 Å². The molecule has 7 nitrogen and oxygen atoms in total. The van der Waals surface area contributed by atoms with Gasteiger partial charge in [0.15, 0.2) is 5.16 Å². The molecule has 2 aromatic heterocycles. The van der Waals surface area contributed by atoms with E-state index in [2.05, 4.69) is 16.8 Å². The molecule has 34 heavy (non-hydrogen) atoms. The standard InChI is InChI=1S/C25H28N4O3S2/c30-22-7-2-1-6-21(22)29-24(32)19-15-28(23(31)8-11-26-14-17-10-13-33-16-17)12-9-20(19)27-25(29)34-18-4-3-5-18/h1-2,6-7,10,13,16,18,26,30H,3-5,8-9,11-12,14-15H2. The average molecular weight is 497 g/mol. The van der Waals surface area contributed by atoms with E-state index < -0.39 is 0 Å². The molecule has 1 fully saturated rings. The van der Waals surface area contributed by atoms with Crippen LogP contribution in [0.25, 0.3) is 5.69 Å². The van der Waals surface area contributed by atoms with Gasteiger partial charge in [0.25, 0.3) is 5.56 Å². The minimum absolute atomic E-state index is 0.0323. The quantitative estimate of drug-likeness (QED) is 0.365. The molecule has 2 aliphatic rings. The number of carbonyl (C=O) groups is 1. The summed E-state index contributed by atoms with van der Waals surface area (Å²) in [7, 11) is 0. The molecule has 9 heteroatoms. The summed E-state index contributed by atoms with van der Waals surface area (Å²) in [5.74, 6) is 0.0761. The van der Waals surface area contributed by atoms with E-state index in [-0.39, 0.29) is 23.8 Å². The van der Waals surface area contributed by atoms with Crippen LogP contribution < -0.4 is 10.9 Å². The first-order valence-electron chi connectivity index (χ1n) is 11.7. The summed E-state index contributed by atoms with van der Waals surface area (Å²) in [6.07, 6.45) is 4.37. The molecule has 3 heterocycles. The number of fused-ring (bicyclic) bond motifs is 1. The number of benzene rings is 1. The number of thiophene rings is 1. The zero-order valence-corrected chi connectivity index (χ0v) is 20.5. The van der Waals surface area contributed by atoms with Gasteiger partial charge in [-0.15, -0.1) is 0 Å². The number of rotatable bonds is 8. The van der Waals surface area contributed by atoms with E-state index in [0.29, 0.717) is 47.6 Å². The van der Waals surface area contributed by atoms with Crippen molar-refractivity contribution in [2.24, 2.45) is 0 Å². The molecule has 0 spiro atoms. The third-order valence-electron chi connectivity index (χ3n) is 6.42. The van der Waals surface area contributed by atoms with Crippen molar-refractivity contribution in [3.63, 3.8) is 0 Å². The molecule has 1 saturated carbocycles. The second-order valence-corrected chi connectivity index (χ2v) is 10.8. The summed E-state index contributed by atoms with van der Waals surface area (Å²) in [6.45, 7) is 2.16. The molecule has 5 rings (SSSR count). The molecule has 1 aromatic carbocycles. The van der Waals surface area contributed by atoms with Crippen LogP contribution in [0.5, 0.6) is 5.75 Å². The Labute approximate surface area is 206 Å². The van der Waals surface area contributed by atoms with E-state index in [9.17, 15) is 14.7 Å². The minimum atomic E-state index is -0.193. The SMILES string of the molecule is O=C(CCNCc1ccsc1)N1CCc2nc(SC3CCC3)n(-c3ccccc3O)c(=O)c2C1. The Morgan fingerprint density at radius 3 is 2.85 bits per heavy atom. The summed E-state index contributed by atoms with van der Waals surface area (Å²) >= 11 is 3.28. The summed E-state index contributed by atoms with van der Waals surface area (Å²) in [6, 6.07) is 8.93. The van der Waals surface area contributed by atoms with Gasteiger partial charge in [-0.2, -0.15) is 11.3 Å². The second-order valence-electron chi connectivity index (χ2n) is 8.74. The van der Waals surface area contributed by atoms with Crippen LogP contribution in [0.3, 0.4) is 0 Å². The molecule has 0 unspecified atom stereocenters. The molecule has 0 saturated heterocycles. The number of aromatic hydroxyl groups is 1. The Balaban J connectivity index is 1.35. The Kier molecular flexibility index (Phi) is 7.03. The molecule has 1 aliphatic carbocycles. The Hall–Kier alpha value is -2.62. The lowest BCUT2D eigenvalue weighted by Crippen LogP contribution is -2.42. The number of hydrogen-bond donors (Lipinski definition) is 2. The molecule has 1 aliphatic heterocycles. The zero-order valence-electron chi connectivity index (χ0n) is 18.9. The van der Waals surface area contributed by atoms with Crippen molar-refractivity contribution in [1.29, 1.82) is 0 Å². The summed E-state index contributed by atoms with van der Waals surface area (Å²) in [4.78, 5) is 33.2. The molecule has 178 valence electrons. The number of amides is 1. The fourth-order valence-corrected chi connectivity index (χ4v) is 6.21. The highest BCUT2D eigenvalue weighted by molar-refractivity contribution is 7.99. The highest BCUT2D eigenvalue weighted by atomic mass is 32.2. The topological polar surface area (TPSA) is 87.5 Å². The Morgan fingerprint density at radius 2 is 2.12 bits per heavy atom. The molecular weight excluding hydrogens is 468 g/mol. The van der Waals surface area contributed by atoms with Gasteiger partial charge in [-0.3, -0.25) is 14.2 Å². The lowest BCUT2D eigenvalue weighted by molar-refractivity contribution is -0.132. The molecule has 1 amide bonds. The third-order valence-corrected chi connectivity index (χ3v) is 8.44. The van der Waals surface area contributed by atoms with Crippen molar-refractivity contribution in [3.05, 3.63) is 68.3 Å². The Morgan fingerprint density at radius 1 is 1.26 bits per heavy atom. The van der Waals surface area contributed by atoms with E-state index in [0.717, 1.165) is 25.1 Å². The van der Waals surface area contributed by atoms with E-state index in [1.807, 2.05) is 5.38 Å². The van der Waals surface area contributed by atoms with Gasteiger partial charge in [0.05, 0.1) is 23.5 Å². The van der Waals surface area contributed by atoms with Crippen molar-refractivity contribution in [1.82, 2.24) is 19.8 Å². The zero-order chi connectivity index (χ0) is 23.5. The molecule has 0 bridgehead atoms. The van der Waals surface area contributed by atoms with Crippen LogP contribution in [0, 0.1) is 0 Å². The number of hydrogen-bond acceptors (Lipinski definition) is 7. The molecule has 0 atom stereocenters. The second kappa shape index (κ2) is 10.3. The molecule has 0 radical (unpaired) electrons. The first kappa shape index (κ1) is 23.1. The summed E-state index contributed by atoms with van der Waals surface area (Å²) in [5, 5.41) is 19.0. The summed E-state index contributed by atoms with van der Waals surface area (Å²) in [5.41, 5.74) is 2.79. The van der Waals surface area contributed by atoms with E-state index in [1.165, 1.54) is 16.6 Å². The number of phenols is 1. The molecule has 2 N–H and O–H groups in total. The van der Waals surface area contributed by atoms with Crippen molar-refractivity contribution >= 4 is 29.0 Å². The van der Waals surface area contributed by atoms with E-state index >= 15 is 0 Å². The number of thioether (sulfide) groups is 1. The van der Waals surface area contributed by atoms with Crippen LogP contribution >= 0.6 is 23.1 Å². The lowest BCUT2D eigenvalue weighted by atomic mass is 10.0. The number of aromatic nitrogens is 2. The smallest absolute Gasteiger partial charge is 0.264 e. The largest absolute Gasteiger partial charge is 0.506 e. The highest BCUT2D eigenvalue weighted by Gasteiger charge is 2.29. The first-order valence-corrected chi connectivity index (χ1v) is 13.5. The molecular formula is C25H28N4O3S2. The third kappa shape index (κ3) is 4.92. The van der Waals surface area contributed by atoms with Gasteiger partial charge >= 0.3 is 0 Å². The van der Waals surface area contributed by atoms with Gasteiger partial charge in [-0.05, 0) is 47.4 Å². The van der Waals surface area contributed by atoms with Crippen molar-refractivity contribution in [3.8, 4) is 11.4 Å². The van der Waals surface area contributed by atoms with Crippen LogP contribution in [0.2, 0.25) is 0 Å². The number of nitrogens with zero attached hydrogens (tertiary/aromatic N) is 3. The number of nitrogens with one attached hydrogen (secondary N) is 1. The van der Waals surface area contributed by atoms with Crippen LogP contribution in [0.15, 0.2) is 51.0 Å². The van der Waals surface area contributed by atoms with Gasteiger partial charge in [0, 0.05) is 37.7 Å². The monoisotopic (exact) mass is 496 g/mol. The normalized spacial score (nSPS) is 15.7. The predicted molar refractivity (Wildman–Crippen MR) is 135 cm³/mol. The maximum Gasteiger partial charge on any atom is 0.264 e. The maximum absolute atomic E-state index is 13.7. The van der Waals surface area contributed by atoms with Crippen LogP contribution in [0.1, 0.15) is 42.5 Å². The number of carbonyl (C=O) groups excluding carboxylic acids is 1. The minimum Gasteiger partial charge on any atom is -0.506 e. The maximum atomic E-state index is 13.7. The predicted octanol–water partition coefficient (Wildman–Crippen LogP) is 3.71. The van der Waals surface area contributed by atoms with Gasteiger partial charge < -0.3 is 15.3 Å². The van der Waals surface area contributed by atoms with E-state index in [4.69, 9.17) is 4.98 Å². The first-order chi connectivity index (χ1) is 16.6. The van der Waals surface area contributed by atoms with Gasteiger partial charge in [0.1, 0.15) is 5.75 Å². The fraction of sp³-hybridized carbons (Fsp3) is 0.400. The highest BCUT2D eigenvalue weighted by Crippen LogP contribution is 2.37. The van der Waals surface area contributed by atoms with Gasteiger partial charge in [-0.25, -0.2) is 4.98 Å². The van der Waals surface area contributed by atoms with E-state index in [1.54, 1.807) is 52.3 Å². The van der Waals surface area contributed by atoms with Crippen LogP contribution in [-0.4, -0.2) is 43.8 Å². The van der Waals surface area contributed by atoms with Crippen LogP contribution in [-0.2, 0) is 24.3 Å². The molecule has 3 aromatic rings.